The molecule has 24 heavy (non-hydrogen) atoms. The summed E-state index contributed by atoms with van der Waals surface area (Å²) in [6, 6.07) is 5.72. The zero-order valence-electron chi connectivity index (χ0n) is 13.4. The molecule has 1 amide bonds. The molecule has 0 saturated heterocycles. The molecule has 0 saturated carbocycles. The summed E-state index contributed by atoms with van der Waals surface area (Å²) >= 11 is 1.56. The number of nitrogens with zero attached hydrogens (tertiary/aromatic N) is 1. The van der Waals surface area contributed by atoms with Gasteiger partial charge in [0.1, 0.15) is 17.4 Å². The fraction of sp³-hybridized carbons (Fsp3) is 0.375. The van der Waals surface area contributed by atoms with E-state index in [2.05, 4.69) is 9.98 Å². The van der Waals surface area contributed by atoms with Crippen molar-refractivity contribution in [2.45, 2.75) is 11.7 Å². The van der Waals surface area contributed by atoms with Gasteiger partial charge in [-0.15, -0.1) is 0 Å². The van der Waals surface area contributed by atoms with Crippen LogP contribution in [0.25, 0.3) is 10.9 Å². The van der Waals surface area contributed by atoms with Gasteiger partial charge in [0.25, 0.3) is 0 Å². The molecule has 0 radical (unpaired) electrons. The lowest BCUT2D eigenvalue weighted by atomic mass is 10.2. The molecule has 0 aliphatic carbocycles. The lowest BCUT2D eigenvalue weighted by Gasteiger charge is -2.06. The van der Waals surface area contributed by atoms with Crippen molar-refractivity contribution < 1.29 is 14.3 Å². The van der Waals surface area contributed by atoms with Crippen LogP contribution >= 0.6 is 11.8 Å². The monoisotopic (exact) mass is 348 g/mol. The molecular weight excluding hydrogens is 328 g/mol. The molecule has 1 aliphatic heterocycles. The fourth-order valence-electron chi connectivity index (χ4n) is 2.58. The van der Waals surface area contributed by atoms with Crippen molar-refractivity contribution in [1.82, 2.24) is 4.98 Å². The smallest absolute Gasteiger partial charge is 0.218 e. The van der Waals surface area contributed by atoms with Gasteiger partial charge in [-0.2, -0.15) is 0 Å². The number of primary amides is 1. The third-order valence-electron chi connectivity index (χ3n) is 3.66. The van der Waals surface area contributed by atoms with E-state index in [1.165, 1.54) is 0 Å². The highest BCUT2D eigenvalue weighted by atomic mass is 32.2. The summed E-state index contributed by atoms with van der Waals surface area (Å²) in [5.74, 6) is 0.401. The van der Waals surface area contributed by atoms with Crippen molar-refractivity contribution in [3.05, 3.63) is 23.9 Å². The fourth-order valence-corrected chi connectivity index (χ4v) is 3.68. The quantitative estimate of drug-likeness (QED) is 0.518. The first-order valence-electron chi connectivity index (χ1n) is 7.60. The predicted molar refractivity (Wildman–Crippen MR) is 96.7 cm³/mol. The number of hydrogen-bond acceptors (Lipinski definition) is 6. The third kappa shape index (κ3) is 3.65. The number of nitrogens with two attached hydrogens (primary N) is 2. The van der Waals surface area contributed by atoms with Crippen LogP contribution in [-0.4, -0.2) is 48.1 Å². The number of benzene rings is 1. The molecule has 2 heterocycles. The van der Waals surface area contributed by atoms with Gasteiger partial charge in [0.2, 0.25) is 5.91 Å². The third-order valence-corrected chi connectivity index (χ3v) is 4.89. The second kappa shape index (κ2) is 7.14. The maximum Gasteiger partial charge on any atom is 0.218 e. The minimum Gasteiger partial charge on any atom is -0.491 e. The SMILES string of the molecule is COCCOc1cc(N)c2[nH]c(C3=NCC(CC(N)=O)S3)cc2c1. The van der Waals surface area contributed by atoms with Crippen LogP contribution in [0.1, 0.15) is 12.1 Å². The maximum atomic E-state index is 11.0. The molecule has 5 N–H and O–H groups in total. The average molecular weight is 348 g/mol. The minimum atomic E-state index is -0.303. The molecule has 1 aromatic heterocycles. The molecule has 0 spiro atoms. The first-order valence-corrected chi connectivity index (χ1v) is 8.48. The van der Waals surface area contributed by atoms with Crippen LogP contribution in [-0.2, 0) is 9.53 Å². The molecule has 1 atom stereocenters. The Labute approximate surface area is 143 Å². The summed E-state index contributed by atoms with van der Waals surface area (Å²) in [6.45, 7) is 1.58. The molecule has 0 fully saturated rings. The predicted octanol–water partition coefficient (Wildman–Crippen LogP) is 1.51. The number of carbonyl (C=O) groups excluding carboxylic acids is 1. The summed E-state index contributed by atoms with van der Waals surface area (Å²) in [4.78, 5) is 18.8. The van der Waals surface area contributed by atoms with Gasteiger partial charge in [-0.25, -0.2) is 0 Å². The normalized spacial score (nSPS) is 17.2. The van der Waals surface area contributed by atoms with Gasteiger partial charge < -0.3 is 25.9 Å². The number of hydrogen-bond donors (Lipinski definition) is 3. The van der Waals surface area contributed by atoms with Crippen molar-refractivity contribution in [3.8, 4) is 5.75 Å². The van der Waals surface area contributed by atoms with Crippen molar-refractivity contribution in [2.75, 3.05) is 32.6 Å². The second-order valence-electron chi connectivity index (χ2n) is 5.56. The Morgan fingerprint density at radius 2 is 2.25 bits per heavy atom. The summed E-state index contributed by atoms with van der Waals surface area (Å²) in [7, 11) is 1.63. The van der Waals surface area contributed by atoms with Gasteiger partial charge in [-0.1, -0.05) is 11.8 Å². The number of methoxy groups -OCH3 is 1. The van der Waals surface area contributed by atoms with E-state index in [0.717, 1.165) is 21.6 Å². The number of nitrogens with one attached hydrogen (secondary N) is 1. The molecular formula is C16H20N4O3S. The van der Waals surface area contributed by atoms with Crippen molar-refractivity contribution in [1.29, 1.82) is 0 Å². The summed E-state index contributed by atoms with van der Waals surface area (Å²) < 4.78 is 10.6. The number of carbonyl (C=O) groups is 1. The molecule has 7 nitrogen and oxygen atoms in total. The second-order valence-corrected chi connectivity index (χ2v) is 6.85. The Morgan fingerprint density at radius 1 is 1.42 bits per heavy atom. The Morgan fingerprint density at radius 3 is 3.00 bits per heavy atom. The largest absolute Gasteiger partial charge is 0.491 e. The van der Waals surface area contributed by atoms with Crippen molar-refractivity contribution >= 4 is 39.3 Å². The van der Waals surface area contributed by atoms with Gasteiger partial charge >= 0.3 is 0 Å². The Kier molecular flexibility index (Phi) is 4.96. The number of ether oxygens (including phenoxy) is 2. The highest BCUT2D eigenvalue weighted by Gasteiger charge is 2.23. The van der Waals surface area contributed by atoms with Crippen molar-refractivity contribution in [2.24, 2.45) is 10.7 Å². The van der Waals surface area contributed by atoms with Gasteiger partial charge in [0.15, 0.2) is 0 Å². The lowest BCUT2D eigenvalue weighted by molar-refractivity contribution is -0.117. The van der Waals surface area contributed by atoms with Crippen LogP contribution in [0.5, 0.6) is 5.75 Å². The Bertz CT molecular complexity index is 787. The number of aliphatic imine (C=N–C) groups is 1. The van der Waals surface area contributed by atoms with Crippen LogP contribution in [0, 0.1) is 0 Å². The molecule has 8 heteroatoms. The zero-order chi connectivity index (χ0) is 17.1. The first-order chi connectivity index (χ1) is 11.6. The highest BCUT2D eigenvalue weighted by molar-refractivity contribution is 8.15. The lowest BCUT2D eigenvalue weighted by Crippen LogP contribution is -2.18. The van der Waals surface area contributed by atoms with E-state index < -0.39 is 0 Å². The Hall–Kier alpha value is -2.19. The number of fused-ring (bicyclic) bond motifs is 1. The summed E-state index contributed by atoms with van der Waals surface area (Å²) in [6.07, 6.45) is 0.331. The standard InChI is InChI=1S/C16H20N4O3S/c1-22-2-3-23-10-4-9-5-13(20-15(9)12(17)6-10)16-19-8-11(24-16)7-14(18)21/h4-6,11,20H,2-3,7-8,17H2,1H3,(H2,18,21). The average Bonchev–Trinajstić information content (AvgIpc) is 3.13. The van der Waals surface area contributed by atoms with E-state index >= 15 is 0 Å². The van der Waals surface area contributed by atoms with E-state index in [0.29, 0.717) is 37.6 Å². The van der Waals surface area contributed by atoms with E-state index in [1.54, 1.807) is 24.9 Å². The zero-order valence-corrected chi connectivity index (χ0v) is 14.2. The number of thioether (sulfide) groups is 1. The van der Waals surface area contributed by atoms with Crippen LogP contribution in [0.15, 0.2) is 23.2 Å². The molecule has 1 aromatic carbocycles. The number of amides is 1. The van der Waals surface area contributed by atoms with Gasteiger partial charge in [-0.3, -0.25) is 9.79 Å². The number of nitrogen functional groups attached to an aromatic ring is 1. The van der Waals surface area contributed by atoms with Gasteiger partial charge in [0, 0.05) is 30.2 Å². The van der Waals surface area contributed by atoms with Crippen LogP contribution in [0.2, 0.25) is 0 Å². The van der Waals surface area contributed by atoms with E-state index in [-0.39, 0.29) is 11.2 Å². The number of rotatable bonds is 7. The number of H-pyrrole nitrogens is 1. The van der Waals surface area contributed by atoms with E-state index in [4.69, 9.17) is 20.9 Å². The van der Waals surface area contributed by atoms with Crippen LogP contribution in [0.4, 0.5) is 5.69 Å². The van der Waals surface area contributed by atoms with E-state index in [9.17, 15) is 4.79 Å². The van der Waals surface area contributed by atoms with E-state index in [1.807, 2.05) is 12.1 Å². The van der Waals surface area contributed by atoms with Gasteiger partial charge in [-0.05, 0) is 12.1 Å². The van der Waals surface area contributed by atoms with Gasteiger partial charge in [0.05, 0.1) is 30.0 Å². The molecule has 128 valence electrons. The Balaban J connectivity index is 1.79. The van der Waals surface area contributed by atoms with Crippen molar-refractivity contribution in [3.63, 3.8) is 0 Å². The minimum absolute atomic E-state index is 0.106. The molecule has 1 unspecified atom stereocenters. The summed E-state index contributed by atoms with van der Waals surface area (Å²) in [5.41, 5.74) is 13.7. The summed E-state index contributed by atoms with van der Waals surface area (Å²) in [5, 5.41) is 1.94. The number of anilines is 1. The highest BCUT2D eigenvalue weighted by Crippen LogP contribution is 2.32. The van der Waals surface area contributed by atoms with Crippen LogP contribution < -0.4 is 16.2 Å². The van der Waals surface area contributed by atoms with Crippen LogP contribution in [0.3, 0.4) is 0 Å². The molecule has 1 aliphatic rings. The molecule has 2 aromatic rings. The molecule has 0 bridgehead atoms. The topological polar surface area (TPSA) is 116 Å². The number of aromatic amines is 1. The maximum absolute atomic E-state index is 11.0. The first kappa shape index (κ1) is 16.7. The number of aromatic nitrogens is 1. The molecule has 3 rings (SSSR count).